The van der Waals surface area contributed by atoms with Gasteiger partial charge >= 0.3 is 0 Å². The zero-order valence-corrected chi connectivity index (χ0v) is 15.5. The minimum Gasteiger partial charge on any atom is -0.372 e. The number of hydrogen-bond donors (Lipinski definition) is 1. The van der Waals surface area contributed by atoms with Crippen LogP contribution in [0.5, 0.6) is 0 Å². The van der Waals surface area contributed by atoms with Gasteiger partial charge in [-0.15, -0.1) is 0 Å². The van der Waals surface area contributed by atoms with Crippen LogP contribution in [0.1, 0.15) is 19.3 Å². The Morgan fingerprint density at radius 2 is 1.82 bits per heavy atom. The zero-order valence-electron chi connectivity index (χ0n) is 15.5. The molecule has 0 spiro atoms. The predicted molar refractivity (Wildman–Crippen MR) is 111 cm³/mol. The molecule has 0 radical (unpaired) electrons. The molecule has 0 atom stereocenters. The fraction of sp³-hybridized carbons (Fsp3) is 0.227. The summed E-state index contributed by atoms with van der Waals surface area (Å²) < 4.78 is 5.73. The fourth-order valence-corrected chi connectivity index (χ4v) is 3.84. The Balaban J connectivity index is 1.57. The Morgan fingerprint density at radius 3 is 2.68 bits per heavy atom. The van der Waals surface area contributed by atoms with E-state index in [4.69, 9.17) is 10.3 Å². The first-order chi connectivity index (χ1) is 13.8. The smallest absolute Gasteiger partial charge is 0.220 e. The lowest BCUT2D eigenvalue weighted by molar-refractivity contribution is 0.441. The molecule has 5 rings (SSSR count). The second kappa shape index (κ2) is 6.96. The molecule has 1 fully saturated rings. The molecular formula is C22H21N5O. The van der Waals surface area contributed by atoms with Crippen molar-refractivity contribution in [1.29, 1.82) is 0 Å². The first-order valence-electron chi connectivity index (χ1n) is 9.62. The lowest BCUT2D eigenvalue weighted by atomic mass is 10.0. The van der Waals surface area contributed by atoms with E-state index < -0.39 is 0 Å². The summed E-state index contributed by atoms with van der Waals surface area (Å²) in [5, 5.41) is 5.21. The van der Waals surface area contributed by atoms with Crippen LogP contribution in [0.3, 0.4) is 0 Å². The molecule has 1 aliphatic heterocycles. The van der Waals surface area contributed by atoms with E-state index >= 15 is 0 Å². The molecule has 0 saturated carbocycles. The molecule has 140 valence electrons. The largest absolute Gasteiger partial charge is 0.372 e. The Morgan fingerprint density at radius 1 is 0.929 bits per heavy atom. The van der Waals surface area contributed by atoms with E-state index in [2.05, 4.69) is 50.4 Å². The number of rotatable bonds is 3. The van der Waals surface area contributed by atoms with E-state index in [0.717, 1.165) is 46.6 Å². The Kier molecular flexibility index (Phi) is 4.16. The number of benzene rings is 2. The number of nitrogens with zero attached hydrogens (tertiary/aromatic N) is 4. The van der Waals surface area contributed by atoms with Crippen LogP contribution in [0.25, 0.3) is 33.5 Å². The summed E-state index contributed by atoms with van der Waals surface area (Å²) in [6.45, 7) is 2.22. The van der Waals surface area contributed by atoms with Crippen molar-refractivity contribution in [2.45, 2.75) is 19.3 Å². The number of piperidine rings is 1. The van der Waals surface area contributed by atoms with Gasteiger partial charge in [-0.2, -0.15) is 0 Å². The number of aromatic nitrogens is 3. The summed E-state index contributed by atoms with van der Waals surface area (Å²) in [4.78, 5) is 10.7. The molecule has 6 heteroatoms. The van der Waals surface area contributed by atoms with Gasteiger partial charge in [0.25, 0.3) is 0 Å². The van der Waals surface area contributed by atoms with Crippen LogP contribution in [-0.4, -0.2) is 28.2 Å². The molecule has 0 unspecified atom stereocenters. The number of nitrogen functional groups attached to an aromatic ring is 1. The van der Waals surface area contributed by atoms with Gasteiger partial charge in [0.15, 0.2) is 5.76 Å². The first-order valence-corrected chi connectivity index (χ1v) is 9.62. The monoisotopic (exact) mass is 371 g/mol. The van der Waals surface area contributed by atoms with Crippen molar-refractivity contribution in [3.8, 4) is 22.6 Å². The average molecular weight is 371 g/mol. The van der Waals surface area contributed by atoms with Crippen molar-refractivity contribution in [1.82, 2.24) is 15.1 Å². The van der Waals surface area contributed by atoms with Gasteiger partial charge in [-0.25, -0.2) is 9.97 Å². The van der Waals surface area contributed by atoms with E-state index in [1.165, 1.54) is 24.9 Å². The van der Waals surface area contributed by atoms with Crippen LogP contribution in [0.2, 0.25) is 0 Å². The quantitative estimate of drug-likeness (QED) is 0.570. The van der Waals surface area contributed by atoms with Crippen molar-refractivity contribution >= 4 is 22.5 Å². The molecule has 2 aromatic heterocycles. The van der Waals surface area contributed by atoms with Crippen LogP contribution in [0.4, 0.5) is 11.6 Å². The summed E-state index contributed by atoms with van der Waals surface area (Å²) >= 11 is 0. The van der Waals surface area contributed by atoms with E-state index in [9.17, 15) is 0 Å². The molecule has 2 N–H and O–H groups in total. The summed E-state index contributed by atoms with van der Waals surface area (Å²) in [6.07, 6.45) is 5.49. The second-order valence-corrected chi connectivity index (χ2v) is 7.14. The summed E-state index contributed by atoms with van der Waals surface area (Å²) in [5.41, 5.74) is 10.6. The van der Waals surface area contributed by atoms with Crippen molar-refractivity contribution in [2.75, 3.05) is 23.7 Å². The van der Waals surface area contributed by atoms with Crippen LogP contribution in [-0.2, 0) is 0 Å². The Labute approximate surface area is 163 Å². The molecule has 3 heterocycles. The zero-order chi connectivity index (χ0) is 18.9. The maximum absolute atomic E-state index is 5.74. The molecule has 1 aliphatic rings. The summed E-state index contributed by atoms with van der Waals surface area (Å²) in [7, 11) is 0. The number of fused-ring (bicyclic) bond motifs is 1. The Bertz CT molecular complexity index is 1130. The lowest BCUT2D eigenvalue weighted by Crippen LogP contribution is -2.29. The van der Waals surface area contributed by atoms with Crippen molar-refractivity contribution in [3.63, 3.8) is 0 Å². The molecule has 6 nitrogen and oxygen atoms in total. The minimum atomic E-state index is 0.261. The van der Waals surface area contributed by atoms with Crippen molar-refractivity contribution in [2.24, 2.45) is 0 Å². The van der Waals surface area contributed by atoms with Gasteiger partial charge in [-0.3, -0.25) is 0 Å². The highest BCUT2D eigenvalue weighted by Gasteiger charge is 2.16. The molecular weight excluding hydrogens is 350 g/mol. The topological polar surface area (TPSA) is 81.1 Å². The first kappa shape index (κ1) is 16.7. The molecule has 4 aromatic rings. The van der Waals surface area contributed by atoms with Crippen molar-refractivity contribution in [3.05, 3.63) is 54.7 Å². The van der Waals surface area contributed by atoms with Gasteiger partial charge in [-0.05, 0) is 49.6 Å². The average Bonchev–Trinajstić information content (AvgIpc) is 3.18. The van der Waals surface area contributed by atoms with Gasteiger partial charge in [0.2, 0.25) is 5.95 Å². The van der Waals surface area contributed by atoms with Gasteiger partial charge in [0.1, 0.15) is 5.52 Å². The maximum Gasteiger partial charge on any atom is 0.220 e. The van der Waals surface area contributed by atoms with Gasteiger partial charge in [0, 0.05) is 36.1 Å². The third kappa shape index (κ3) is 3.07. The van der Waals surface area contributed by atoms with Crippen LogP contribution >= 0.6 is 0 Å². The second-order valence-electron chi connectivity index (χ2n) is 7.14. The fourth-order valence-electron chi connectivity index (χ4n) is 3.84. The van der Waals surface area contributed by atoms with Crippen LogP contribution in [0, 0.1) is 0 Å². The number of hydrogen-bond acceptors (Lipinski definition) is 6. The van der Waals surface area contributed by atoms with E-state index in [1.807, 2.05) is 18.2 Å². The number of anilines is 2. The SMILES string of the molecule is Nc1nccc(-c2ccc3noc(-c4cccc(N5CCCCC5)c4)c3c2)n1. The van der Waals surface area contributed by atoms with E-state index in [0.29, 0.717) is 0 Å². The highest BCUT2D eigenvalue weighted by atomic mass is 16.5. The predicted octanol–water partition coefficient (Wildman–Crippen LogP) is 4.52. The molecule has 1 saturated heterocycles. The third-order valence-electron chi connectivity index (χ3n) is 5.28. The highest BCUT2D eigenvalue weighted by molar-refractivity contribution is 5.94. The number of nitrogens with two attached hydrogens (primary N) is 1. The van der Waals surface area contributed by atoms with E-state index in [-0.39, 0.29) is 5.95 Å². The summed E-state index contributed by atoms with van der Waals surface area (Å²) in [5.74, 6) is 1.04. The molecule has 0 bridgehead atoms. The lowest BCUT2D eigenvalue weighted by Gasteiger charge is -2.29. The molecule has 0 amide bonds. The van der Waals surface area contributed by atoms with Crippen LogP contribution in [0.15, 0.2) is 59.3 Å². The Hall–Kier alpha value is -3.41. The van der Waals surface area contributed by atoms with E-state index in [1.54, 1.807) is 6.20 Å². The third-order valence-corrected chi connectivity index (χ3v) is 5.28. The van der Waals surface area contributed by atoms with Gasteiger partial charge in [0.05, 0.1) is 11.1 Å². The highest BCUT2D eigenvalue weighted by Crippen LogP contribution is 2.34. The molecule has 28 heavy (non-hydrogen) atoms. The standard InChI is InChI=1S/C22H21N5O/c23-22-24-10-9-19(25-22)15-7-8-20-18(14-15)21(28-26-20)16-5-4-6-17(13-16)27-11-2-1-3-12-27/h4-10,13-14H,1-3,11-12H2,(H2,23,24,25). The summed E-state index contributed by atoms with van der Waals surface area (Å²) in [6, 6.07) is 16.3. The maximum atomic E-state index is 5.74. The molecule has 2 aromatic carbocycles. The normalized spacial score (nSPS) is 14.5. The van der Waals surface area contributed by atoms with Crippen LogP contribution < -0.4 is 10.6 Å². The van der Waals surface area contributed by atoms with Crippen molar-refractivity contribution < 1.29 is 4.52 Å². The van der Waals surface area contributed by atoms with Gasteiger partial charge < -0.3 is 15.2 Å². The minimum absolute atomic E-state index is 0.261. The molecule has 0 aliphatic carbocycles. The van der Waals surface area contributed by atoms with Gasteiger partial charge in [-0.1, -0.05) is 23.4 Å².